The Bertz CT molecular complexity index is 718. The van der Waals surface area contributed by atoms with E-state index in [1.54, 1.807) is 35.9 Å². The van der Waals surface area contributed by atoms with Crippen LogP contribution < -0.4 is 0 Å². The van der Waals surface area contributed by atoms with Crippen molar-refractivity contribution in [2.75, 3.05) is 5.75 Å². The summed E-state index contributed by atoms with van der Waals surface area (Å²) in [6, 6.07) is 6.87. The highest BCUT2D eigenvalue weighted by molar-refractivity contribution is 7.91. The number of hydrogen-bond donors (Lipinski definition) is 0. The Morgan fingerprint density at radius 1 is 1.15 bits per heavy atom. The molecule has 0 aliphatic heterocycles. The number of aromatic nitrogens is 2. The second-order valence-corrected chi connectivity index (χ2v) is 7.33. The molecule has 0 N–H and O–H groups in total. The van der Waals surface area contributed by atoms with Crippen LogP contribution in [0.3, 0.4) is 0 Å². The van der Waals surface area contributed by atoms with Gasteiger partial charge >= 0.3 is 0 Å². The predicted molar refractivity (Wildman–Crippen MR) is 79.9 cm³/mol. The van der Waals surface area contributed by atoms with E-state index in [-0.39, 0.29) is 5.75 Å². The lowest BCUT2D eigenvalue weighted by molar-refractivity contribution is 0.576. The minimum Gasteiger partial charge on any atom is -0.267 e. The first-order chi connectivity index (χ1) is 9.31. The standard InChI is InChI=1S/C14H17ClN2O2S/c1-10-4-6-13(7-5-10)20(18,19)9-8-17-12(3)14(15)11(2)16-17/h4-7H,8-9H2,1-3H3. The molecular formula is C14H17ClN2O2S. The van der Waals surface area contributed by atoms with E-state index in [9.17, 15) is 8.42 Å². The Labute approximate surface area is 124 Å². The van der Waals surface area contributed by atoms with Crippen LogP contribution in [0.5, 0.6) is 0 Å². The number of hydrogen-bond acceptors (Lipinski definition) is 3. The van der Waals surface area contributed by atoms with Gasteiger partial charge in [-0.3, -0.25) is 4.68 Å². The summed E-state index contributed by atoms with van der Waals surface area (Å²) in [5.41, 5.74) is 2.55. The van der Waals surface area contributed by atoms with Gasteiger partial charge in [-0.2, -0.15) is 5.10 Å². The first-order valence-corrected chi connectivity index (χ1v) is 8.33. The highest BCUT2D eigenvalue weighted by atomic mass is 35.5. The maximum absolute atomic E-state index is 12.2. The van der Waals surface area contributed by atoms with Crippen molar-refractivity contribution in [3.63, 3.8) is 0 Å². The van der Waals surface area contributed by atoms with Crippen molar-refractivity contribution in [1.82, 2.24) is 9.78 Å². The molecule has 0 spiro atoms. The van der Waals surface area contributed by atoms with Crippen LogP contribution in [0.2, 0.25) is 5.02 Å². The summed E-state index contributed by atoms with van der Waals surface area (Å²) >= 11 is 6.05. The molecule has 0 aliphatic rings. The van der Waals surface area contributed by atoms with Crippen molar-refractivity contribution in [3.8, 4) is 0 Å². The number of aryl methyl sites for hydroxylation is 3. The van der Waals surface area contributed by atoms with Crippen LogP contribution in [0.25, 0.3) is 0 Å². The van der Waals surface area contributed by atoms with Gasteiger partial charge in [-0.05, 0) is 32.9 Å². The van der Waals surface area contributed by atoms with Crippen molar-refractivity contribution >= 4 is 21.4 Å². The fraction of sp³-hybridized carbons (Fsp3) is 0.357. The summed E-state index contributed by atoms with van der Waals surface area (Å²) in [7, 11) is -3.30. The first kappa shape index (κ1) is 15.1. The van der Waals surface area contributed by atoms with Gasteiger partial charge in [0.05, 0.1) is 33.6 Å². The maximum atomic E-state index is 12.2. The molecule has 1 heterocycles. The molecule has 0 fully saturated rings. The summed E-state index contributed by atoms with van der Waals surface area (Å²) < 4.78 is 26.1. The minimum atomic E-state index is -3.30. The van der Waals surface area contributed by atoms with Crippen LogP contribution in [0.1, 0.15) is 17.0 Å². The third-order valence-electron chi connectivity index (χ3n) is 3.25. The number of sulfone groups is 1. The Kier molecular flexibility index (Phi) is 4.20. The monoisotopic (exact) mass is 312 g/mol. The Morgan fingerprint density at radius 3 is 2.25 bits per heavy atom. The zero-order valence-corrected chi connectivity index (χ0v) is 13.3. The van der Waals surface area contributed by atoms with Crippen molar-refractivity contribution in [3.05, 3.63) is 46.2 Å². The van der Waals surface area contributed by atoms with E-state index < -0.39 is 9.84 Å². The van der Waals surface area contributed by atoms with E-state index >= 15 is 0 Å². The first-order valence-electron chi connectivity index (χ1n) is 6.30. The van der Waals surface area contributed by atoms with Gasteiger partial charge < -0.3 is 0 Å². The largest absolute Gasteiger partial charge is 0.267 e. The third kappa shape index (κ3) is 3.04. The van der Waals surface area contributed by atoms with E-state index in [0.29, 0.717) is 16.5 Å². The summed E-state index contributed by atoms with van der Waals surface area (Å²) in [6.07, 6.45) is 0. The second-order valence-electron chi connectivity index (χ2n) is 4.84. The van der Waals surface area contributed by atoms with Crippen molar-refractivity contribution in [2.45, 2.75) is 32.2 Å². The quantitative estimate of drug-likeness (QED) is 0.872. The molecule has 0 radical (unpaired) electrons. The Morgan fingerprint density at radius 2 is 1.75 bits per heavy atom. The highest BCUT2D eigenvalue weighted by Crippen LogP contribution is 2.19. The fourth-order valence-electron chi connectivity index (χ4n) is 1.96. The summed E-state index contributed by atoms with van der Waals surface area (Å²) in [5, 5.41) is 4.84. The molecule has 1 aromatic carbocycles. The Balaban J connectivity index is 2.17. The lowest BCUT2D eigenvalue weighted by atomic mass is 10.2. The fourth-order valence-corrected chi connectivity index (χ4v) is 3.30. The summed E-state index contributed by atoms with van der Waals surface area (Å²) in [6.45, 7) is 5.87. The molecule has 0 saturated heterocycles. The van der Waals surface area contributed by atoms with Crippen LogP contribution >= 0.6 is 11.6 Å². The number of benzene rings is 1. The molecule has 0 saturated carbocycles. The summed E-state index contributed by atoms with van der Waals surface area (Å²) in [5.74, 6) is 0.00828. The topological polar surface area (TPSA) is 52.0 Å². The van der Waals surface area contributed by atoms with Crippen LogP contribution in [0.15, 0.2) is 29.2 Å². The van der Waals surface area contributed by atoms with E-state index in [1.807, 2.05) is 13.8 Å². The van der Waals surface area contributed by atoms with Crippen molar-refractivity contribution in [2.24, 2.45) is 0 Å². The van der Waals surface area contributed by atoms with Gasteiger partial charge in [0.2, 0.25) is 0 Å². The molecule has 6 heteroatoms. The molecule has 2 rings (SSSR count). The number of nitrogens with zero attached hydrogens (tertiary/aromatic N) is 2. The smallest absolute Gasteiger partial charge is 0.180 e. The average molecular weight is 313 g/mol. The van der Waals surface area contributed by atoms with E-state index in [2.05, 4.69) is 5.10 Å². The molecule has 2 aromatic rings. The molecule has 20 heavy (non-hydrogen) atoms. The van der Waals surface area contributed by atoms with Crippen LogP contribution in [0.4, 0.5) is 0 Å². The Hall–Kier alpha value is -1.33. The number of halogens is 1. The van der Waals surface area contributed by atoms with Gasteiger partial charge in [0, 0.05) is 0 Å². The van der Waals surface area contributed by atoms with Gasteiger partial charge in [-0.1, -0.05) is 29.3 Å². The highest BCUT2D eigenvalue weighted by Gasteiger charge is 2.16. The van der Waals surface area contributed by atoms with E-state index in [4.69, 9.17) is 11.6 Å². The molecule has 0 atom stereocenters. The van der Waals surface area contributed by atoms with Crippen molar-refractivity contribution in [1.29, 1.82) is 0 Å². The van der Waals surface area contributed by atoms with Gasteiger partial charge in [-0.15, -0.1) is 0 Å². The van der Waals surface area contributed by atoms with Crippen LogP contribution in [0, 0.1) is 20.8 Å². The number of rotatable bonds is 4. The molecular weight excluding hydrogens is 296 g/mol. The molecule has 4 nitrogen and oxygen atoms in total. The normalized spacial score (nSPS) is 11.8. The molecule has 0 aliphatic carbocycles. The maximum Gasteiger partial charge on any atom is 0.180 e. The van der Waals surface area contributed by atoms with E-state index in [0.717, 1.165) is 17.0 Å². The zero-order valence-electron chi connectivity index (χ0n) is 11.7. The second kappa shape index (κ2) is 5.58. The molecule has 0 unspecified atom stereocenters. The molecule has 0 amide bonds. The SMILES string of the molecule is Cc1ccc(S(=O)(=O)CCn2nc(C)c(Cl)c2C)cc1. The van der Waals surface area contributed by atoms with Gasteiger partial charge in [0.15, 0.2) is 9.84 Å². The van der Waals surface area contributed by atoms with Crippen molar-refractivity contribution < 1.29 is 8.42 Å². The van der Waals surface area contributed by atoms with E-state index in [1.165, 1.54) is 0 Å². The predicted octanol–water partition coefficient (Wildman–Crippen LogP) is 2.94. The molecule has 1 aromatic heterocycles. The van der Waals surface area contributed by atoms with Crippen LogP contribution in [-0.4, -0.2) is 24.0 Å². The molecule has 0 bridgehead atoms. The molecule has 108 valence electrons. The zero-order chi connectivity index (χ0) is 14.9. The summed E-state index contributed by atoms with van der Waals surface area (Å²) in [4.78, 5) is 0.343. The third-order valence-corrected chi connectivity index (χ3v) is 5.50. The van der Waals surface area contributed by atoms with Gasteiger partial charge in [-0.25, -0.2) is 8.42 Å². The van der Waals surface area contributed by atoms with Gasteiger partial charge in [0.1, 0.15) is 0 Å². The minimum absolute atomic E-state index is 0.00828. The average Bonchev–Trinajstić information content (AvgIpc) is 2.64. The van der Waals surface area contributed by atoms with Crippen LogP contribution in [-0.2, 0) is 16.4 Å². The lowest BCUT2D eigenvalue weighted by Crippen LogP contribution is -2.15. The lowest BCUT2D eigenvalue weighted by Gasteiger charge is -2.07. The van der Waals surface area contributed by atoms with Gasteiger partial charge in [0.25, 0.3) is 0 Å².